The van der Waals surface area contributed by atoms with Crippen LogP contribution in [0.1, 0.15) is 32.6 Å². The Balaban J connectivity index is 2.42. The molecule has 2 unspecified atom stereocenters. The van der Waals surface area contributed by atoms with Crippen molar-refractivity contribution in [2.75, 3.05) is 19.6 Å². The maximum atomic E-state index is 11.8. The maximum absolute atomic E-state index is 11.8. The highest BCUT2D eigenvalue weighted by atomic mass is 16.4. The van der Waals surface area contributed by atoms with Gasteiger partial charge in [-0.1, -0.05) is 5.92 Å². The fourth-order valence-corrected chi connectivity index (χ4v) is 2.46. The Morgan fingerprint density at radius 1 is 1.58 bits per heavy atom. The second-order valence-corrected chi connectivity index (χ2v) is 5.03. The number of piperidine rings is 1. The third-order valence-electron chi connectivity index (χ3n) is 3.61. The first kappa shape index (κ1) is 15.5. The third-order valence-corrected chi connectivity index (χ3v) is 3.61. The number of carbonyl (C=O) groups is 2. The second-order valence-electron chi connectivity index (χ2n) is 5.03. The standard InChI is InChI=1S/C14H22N2O3/c1-3-8-15-14(19)11(2)16-9-4-5-12(10-16)6-7-13(17)18/h1,11-12H,4-10H2,2H3,(H,15,19)(H,17,18). The Morgan fingerprint density at radius 3 is 2.95 bits per heavy atom. The lowest BCUT2D eigenvalue weighted by Gasteiger charge is -2.36. The van der Waals surface area contributed by atoms with Crippen molar-refractivity contribution in [3.8, 4) is 12.3 Å². The number of carbonyl (C=O) groups excluding carboxylic acids is 1. The highest BCUT2D eigenvalue weighted by Gasteiger charge is 2.27. The van der Waals surface area contributed by atoms with E-state index in [0.717, 1.165) is 25.9 Å². The molecule has 1 rings (SSSR count). The summed E-state index contributed by atoms with van der Waals surface area (Å²) in [4.78, 5) is 24.5. The molecule has 0 aliphatic carbocycles. The second kappa shape index (κ2) is 7.80. The lowest BCUT2D eigenvalue weighted by molar-refractivity contribution is -0.137. The fourth-order valence-electron chi connectivity index (χ4n) is 2.46. The Bertz CT molecular complexity index is 362. The molecular weight excluding hydrogens is 244 g/mol. The monoisotopic (exact) mass is 266 g/mol. The Labute approximate surface area is 114 Å². The number of nitrogens with zero attached hydrogens (tertiary/aromatic N) is 1. The first-order chi connectivity index (χ1) is 9.04. The van der Waals surface area contributed by atoms with Gasteiger partial charge in [0.05, 0.1) is 12.6 Å². The van der Waals surface area contributed by atoms with Gasteiger partial charge in [-0.3, -0.25) is 14.5 Å². The molecule has 0 aromatic rings. The van der Waals surface area contributed by atoms with Crippen molar-refractivity contribution in [2.24, 2.45) is 5.92 Å². The SMILES string of the molecule is C#CCNC(=O)C(C)N1CCCC(CCC(=O)O)C1. The molecule has 0 saturated carbocycles. The summed E-state index contributed by atoms with van der Waals surface area (Å²) in [7, 11) is 0. The van der Waals surface area contributed by atoms with Crippen LogP contribution in [-0.4, -0.2) is 47.6 Å². The summed E-state index contributed by atoms with van der Waals surface area (Å²) in [5, 5.41) is 11.4. The highest BCUT2D eigenvalue weighted by molar-refractivity contribution is 5.81. The summed E-state index contributed by atoms with van der Waals surface area (Å²) >= 11 is 0. The quantitative estimate of drug-likeness (QED) is 0.694. The molecule has 0 spiro atoms. The number of terminal acetylenes is 1. The number of nitrogens with one attached hydrogen (secondary N) is 1. The van der Waals surface area contributed by atoms with E-state index in [9.17, 15) is 9.59 Å². The van der Waals surface area contributed by atoms with Crippen LogP contribution in [0, 0.1) is 18.3 Å². The molecule has 0 aromatic carbocycles. The normalized spacial score (nSPS) is 21.4. The van der Waals surface area contributed by atoms with E-state index in [4.69, 9.17) is 11.5 Å². The Morgan fingerprint density at radius 2 is 2.32 bits per heavy atom. The largest absolute Gasteiger partial charge is 0.481 e. The summed E-state index contributed by atoms with van der Waals surface area (Å²) < 4.78 is 0. The number of amides is 1. The molecule has 1 fully saturated rings. The molecule has 2 atom stereocenters. The summed E-state index contributed by atoms with van der Waals surface area (Å²) in [5.74, 6) is 1.94. The van der Waals surface area contributed by atoms with Crippen LogP contribution in [0.2, 0.25) is 0 Å². The molecule has 1 heterocycles. The molecular formula is C14H22N2O3. The minimum Gasteiger partial charge on any atom is -0.481 e. The molecule has 5 nitrogen and oxygen atoms in total. The number of likely N-dealkylation sites (tertiary alicyclic amines) is 1. The molecule has 0 radical (unpaired) electrons. The van der Waals surface area contributed by atoms with Crippen LogP contribution in [-0.2, 0) is 9.59 Å². The number of carboxylic acids is 1. The molecule has 1 amide bonds. The van der Waals surface area contributed by atoms with Gasteiger partial charge in [-0.25, -0.2) is 0 Å². The van der Waals surface area contributed by atoms with Crippen LogP contribution in [0.15, 0.2) is 0 Å². The lowest BCUT2D eigenvalue weighted by Crippen LogP contribution is -2.49. The minimum atomic E-state index is -0.753. The van der Waals surface area contributed by atoms with Crippen molar-refractivity contribution in [1.82, 2.24) is 10.2 Å². The van der Waals surface area contributed by atoms with Gasteiger partial charge in [0.2, 0.25) is 5.91 Å². The molecule has 1 saturated heterocycles. The first-order valence-corrected chi connectivity index (χ1v) is 6.71. The average Bonchev–Trinajstić information content (AvgIpc) is 2.42. The van der Waals surface area contributed by atoms with Gasteiger partial charge in [0.15, 0.2) is 0 Å². The Hall–Kier alpha value is -1.54. The van der Waals surface area contributed by atoms with E-state index < -0.39 is 5.97 Å². The number of hydrogen-bond donors (Lipinski definition) is 2. The van der Waals surface area contributed by atoms with Crippen molar-refractivity contribution in [2.45, 2.75) is 38.6 Å². The van der Waals surface area contributed by atoms with E-state index in [0.29, 0.717) is 12.3 Å². The smallest absolute Gasteiger partial charge is 0.303 e. The lowest BCUT2D eigenvalue weighted by atomic mass is 9.92. The number of carboxylic acid groups (broad SMARTS) is 1. The summed E-state index contributed by atoms with van der Waals surface area (Å²) in [6.45, 7) is 3.79. The predicted molar refractivity (Wildman–Crippen MR) is 72.5 cm³/mol. The molecule has 2 N–H and O–H groups in total. The van der Waals surface area contributed by atoms with E-state index in [1.807, 2.05) is 6.92 Å². The zero-order valence-electron chi connectivity index (χ0n) is 11.4. The summed E-state index contributed by atoms with van der Waals surface area (Å²) in [5.41, 5.74) is 0. The van der Waals surface area contributed by atoms with Crippen LogP contribution in [0.5, 0.6) is 0 Å². The number of rotatable bonds is 6. The van der Waals surface area contributed by atoms with E-state index in [1.165, 1.54) is 0 Å². The van der Waals surface area contributed by atoms with Crippen LogP contribution in [0.25, 0.3) is 0 Å². The highest BCUT2D eigenvalue weighted by Crippen LogP contribution is 2.22. The Kier molecular flexibility index (Phi) is 6.37. The molecule has 0 aromatic heterocycles. The zero-order valence-corrected chi connectivity index (χ0v) is 11.4. The first-order valence-electron chi connectivity index (χ1n) is 6.71. The molecule has 1 aliphatic rings. The molecule has 5 heteroatoms. The number of aliphatic carboxylic acids is 1. The van der Waals surface area contributed by atoms with Gasteiger partial charge in [0.1, 0.15) is 0 Å². The van der Waals surface area contributed by atoms with E-state index in [-0.39, 0.29) is 24.9 Å². The van der Waals surface area contributed by atoms with Gasteiger partial charge in [-0.05, 0) is 38.6 Å². The summed E-state index contributed by atoms with van der Waals surface area (Å²) in [6, 6.07) is -0.207. The van der Waals surface area contributed by atoms with Gasteiger partial charge in [0.25, 0.3) is 0 Å². The van der Waals surface area contributed by atoms with E-state index in [2.05, 4.69) is 16.1 Å². The van der Waals surface area contributed by atoms with Crippen molar-refractivity contribution < 1.29 is 14.7 Å². The van der Waals surface area contributed by atoms with Crippen molar-refractivity contribution in [3.05, 3.63) is 0 Å². The van der Waals surface area contributed by atoms with E-state index in [1.54, 1.807) is 0 Å². The predicted octanol–water partition coefficient (Wildman–Crippen LogP) is 0.701. The van der Waals surface area contributed by atoms with Crippen molar-refractivity contribution >= 4 is 11.9 Å². The van der Waals surface area contributed by atoms with Gasteiger partial charge in [0, 0.05) is 13.0 Å². The average molecular weight is 266 g/mol. The third kappa shape index (κ3) is 5.31. The molecule has 19 heavy (non-hydrogen) atoms. The number of hydrogen-bond acceptors (Lipinski definition) is 3. The molecule has 106 valence electrons. The van der Waals surface area contributed by atoms with Gasteiger partial charge in [-0.15, -0.1) is 6.42 Å². The van der Waals surface area contributed by atoms with E-state index >= 15 is 0 Å². The molecule has 1 aliphatic heterocycles. The van der Waals surface area contributed by atoms with Crippen LogP contribution in [0.4, 0.5) is 0 Å². The maximum Gasteiger partial charge on any atom is 0.303 e. The topological polar surface area (TPSA) is 69.6 Å². The van der Waals surface area contributed by atoms with Gasteiger partial charge >= 0.3 is 5.97 Å². The van der Waals surface area contributed by atoms with Gasteiger partial charge < -0.3 is 10.4 Å². The van der Waals surface area contributed by atoms with Gasteiger partial charge in [-0.2, -0.15) is 0 Å². The van der Waals surface area contributed by atoms with Crippen LogP contribution < -0.4 is 5.32 Å². The van der Waals surface area contributed by atoms with Crippen molar-refractivity contribution in [1.29, 1.82) is 0 Å². The summed E-state index contributed by atoms with van der Waals surface area (Å²) in [6.07, 6.45) is 8.06. The van der Waals surface area contributed by atoms with Crippen molar-refractivity contribution in [3.63, 3.8) is 0 Å². The van der Waals surface area contributed by atoms with Crippen LogP contribution >= 0.6 is 0 Å². The molecule has 0 bridgehead atoms. The fraction of sp³-hybridized carbons (Fsp3) is 0.714. The zero-order chi connectivity index (χ0) is 14.3. The van der Waals surface area contributed by atoms with Crippen LogP contribution in [0.3, 0.4) is 0 Å². The minimum absolute atomic E-state index is 0.0585.